The smallest absolute Gasteiger partial charge is 0.278 e. The summed E-state index contributed by atoms with van der Waals surface area (Å²) in [7, 11) is -3.72. The minimum absolute atomic E-state index is 0.0396. The topological polar surface area (TPSA) is 98.9 Å². The summed E-state index contributed by atoms with van der Waals surface area (Å²) in [4.78, 5) is 15.7. The molecular weight excluding hydrogens is 320 g/mol. The van der Waals surface area contributed by atoms with Crippen LogP contribution >= 0.6 is 0 Å². The van der Waals surface area contributed by atoms with Crippen molar-refractivity contribution >= 4 is 21.2 Å². The predicted molar refractivity (Wildman–Crippen MR) is 82.8 cm³/mol. The third kappa shape index (κ3) is 2.80. The second kappa shape index (κ2) is 5.81. The normalized spacial score (nSPS) is 17.4. The molecule has 1 atom stereocenters. The van der Waals surface area contributed by atoms with Crippen molar-refractivity contribution in [3.05, 3.63) is 70.3 Å². The van der Waals surface area contributed by atoms with Crippen LogP contribution in [0.1, 0.15) is 12.0 Å². The first-order valence-corrected chi connectivity index (χ1v) is 8.30. The van der Waals surface area contributed by atoms with Gasteiger partial charge in [0.2, 0.25) is 15.3 Å². The Morgan fingerprint density at radius 3 is 2.43 bits per heavy atom. The van der Waals surface area contributed by atoms with Gasteiger partial charge in [-0.1, -0.05) is 35.5 Å². The molecule has 0 aromatic heterocycles. The van der Waals surface area contributed by atoms with Crippen molar-refractivity contribution in [1.29, 1.82) is 0 Å². The summed E-state index contributed by atoms with van der Waals surface area (Å²) in [5, 5.41) is 14.8. The van der Waals surface area contributed by atoms with Gasteiger partial charge >= 0.3 is 0 Å². The fourth-order valence-electron chi connectivity index (χ4n) is 2.32. The molecule has 1 aliphatic heterocycles. The van der Waals surface area contributed by atoms with Crippen LogP contribution < -0.4 is 0 Å². The molecule has 118 valence electrons. The third-order valence-electron chi connectivity index (χ3n) is 3.47. The Hall–Kier alpha value is -2.74. The number of sulfone groups is 1. The van der Waals surface area contributed by atoms with Gasteiger partial charge in [0.05, 0.1) is 21.1 Å². The number of nitro groups is 1. The van der Waals surface area contributed by atoms with E-state index >= 15 is 0 Å². The van der Waals surface area contributed by atoms with Gasteiger partial charge in [-0.25, -0.2) is 8.42 Å². The second-order valence-corrected chi connectivity index (χ2v) is 7.00. The lowest BCUT2D eigenvalue weighted by Gasteiger charge is -2.09. The summed E-state index contributed by atoms with van der Waals surface area (Å²) >= 11 is 0. The average Bonchev–Trinajstić information content (AvgIpc) is 3.06. The quantitative estimate of drug-likeness (QED) is 0.633. The minimum Gasteiger partial charge on any atom is -0.375 e. The largest absolute Gasteiger partial charge is 0.375 e. The van der Waals surface area contributed by atoms with Gasteiger partial charge in [-0.05, 0) is 18.2 Å². The molecule has 2 aromatic rings. The minimum atomic E-state index is -3.72. The van der Waals surface area contributed by atoms with Gasteiger partial charge < -0.3 is 4.84 Å². The number of hydrogen-bond acceptors (Lipinski definition) is 6. The SMILES string of the molecule is O=[N+]([O-])c1ccccc1C1=NOC(S(=O)(=O)c2ccccc2)C1. The Balaban J connectivity index is 1.89. The van der Waals surface area contributed by atoms with Crippen LogP contribution in [0.15, 0.2) is 64.6 Å². The van der Waals surface area contributed by atoms with Gasteiger partial charge in [-0.3, -0.25) is 10.1 Å². The van der Waals surface area contributed by atoms with Crippen molar-refractivity contribution < 1.29 is 18.2 Å². The highest BCUT2D eigenvalue weighted by molar-refractivity contribution is 7.92. The number of benzene rings is 2. The molecule has 0 radical (unpaired) electrons. The first-order chi connectivity index (χ1) is 11.0. The molecule has 1 unspecified atom stereocenters. The molecule has 0 fully saturated rings. The highest BCUT2D eigenvalue weighted by Crippen LogP contribution is 2.29. The Labute approximate surface area is 132 Å². The number of para-hydroxylation sites is 1. The highest BCUT2D eigenvalue weighted by atomic mass is 32.2. The van der Waals surface area contributed by atoms with Crippen LogP contribution in [-0.4, -0.2) is 24.5 Å². The van der Waals surface area contributed by atoms with E-state index in [0.717, 1.165) is 0 Å². The molecule has 0 spiro atoms. The van der Waals surface area contributed by atoms with Gasteiger partial charge in [0.25, 0.3) is 5.69 Å². The zero-order chi connectivity index (χ0) is 16.4. The Bertz CT molecular complexity index is 878. The maximum absolute atomic E-state index is 12.5. The van der Waals surface area contributed by atoms with Crippen LogP contribution in [-0.2, 0) is 14.7 Å². The predicted octanol–water partition coefficient (Wildman–Crippen LogP) is 2.52. The molecule has 7 nitrogen and oxygen atoms in total. The standard InChI is InChI=1S/C15H12N2O5S/c18-17(19)14-9-5-4-8-12(14)13-10-15(22-16-13)23(20,21)11-6-2-1-3-7-11/h1-9,15H,10H2. The van der Waals surface area contributed by atoms with E-state index in [1.54, 1.807) is 24.3 Å². The van der Waals surface area contributed by atoms with Crippen LogP contribution in [0.4, 0.5) is 5.69 Å². The number of nitrogens with zero attached hydrogens (tertiary/aromatic N) is 2. The molecule has 1 aliphatic rings. The fraction of sp³-hybridized carbons (Fsp3) is 0.133. The van der Waals surface area contributed by atoms with E-state index < -0.39 is 20.2 Å². The molecule has 0 amide bonds. The molecular formula is C15H12N2O5S. The Morgan fingerprint density at radius 2 is 1.74 bits per heavy atom. The molecule has 0 saturated heterocycles. The molecule has 0 saturated carbocycles. The van der Waals surface area contributed by atoms with E-state index in [4.69, 9.17) is 4.84 Å². The lowest BCUT2D eigenvalue weighted by molar-refractivity contribution is -0.385. The lowest BCUT2D eigenvalue weighted by Crippen LogP contribution is -2.21. The van der Waals surface area contributed by atoms with Crippen molar-refractivity contribution in [3.63, 3.8) is 0 Å². The number of hydrogen-bond donors (Lipinski definition) is 0. The lowest BCUT2D eigenvalue weighted by atomic mass is 10.1. The van der Waals surface area contributed by atoms with E-state index in [1.165, 1.54) is 30.3 Å². The maximum Gasteiger partial charge on any atom is 0.278 e. The van der Waals surface area contributed by atoms with Gasteiger partial charge in [0, 0.05) is 12.5 Å². The summed E-state index contributed by atoms with van der Waals surface area (Å²) in [6.07, 6.45) is -0.0396. The van der Waals surface area contributed by atoms with Crippen LogP contribution in [0.5, 0.6) is 0 Å². The molecule has 3 rings (SSSR count). The van der Waals surface area contributed by atoms with Crippen LogP contribution in [0, 0.1) is 10.1 Å². The van der Waals surface area contributed by atoms with Crippen molar-refractivity contribution in [3.8, 4) is 0 Å². The summed E-state index contributed by atoms with van der Waals surface area (Å²) < 4.78 is 25.0. The highest BCUT2D eigenvalue weighted by Gasteiger charge is 2.36. The van der Waals surface area contributed by atoms with Gasteiger partial charge in [0.15, 0.2) is 0 Å². The van der Waals surface area contributed by atoms with Crippen LogP contribution in [0.2, 0.25) is 0 Å². The fourth-order valence-corrected chi connectivity index (χ4v) is 3.69. The Kier molecular flexibility index (Phi) is 3.83. The summed E-state index contributed by atoms with van der Waals surface area (Å²) in [5.41, 5.74) is -0.794. The van der Waals surface area contributed by atoms with Crippen molar-refractivity contribution in [2.24, 2.45) is 5.16 Å². The number of oxime groups is 1. The van der Waals surface area contributed by atoms with Crippen LogP contribution in [0.3, 0.4) is 0 Å². The summed E-state index contributed by atoms with van der Waals surface area (Å²) in [5.74, 6) is 0. The van der Waals surface area contributed by atoms with Gasteiger partial charge in [-0.15, -0.1) is 0 Å². The summed E-state index contributed by atoms with van der Waals surface area (Å²) in [6.45, 7) is 0. The molecule has 8 heteroatoms. The zero-order valence-corrected chi connectivity index (χ0v) is 12.6. The van der Waals surface area contributed by atoms with Crippen molar-refractivity contribution in [2.75, 3.05) is 0 Å². The summed E-state index contributed by atoms with van der Waals surface area (Å²) in [6, 6.07) is 13.9. The average molecular weight is 332 g/mol. The molecule has 0 bridgehead atoms. The van der Waals surface area contributed by atoms with E-state index in [2.05, 4.69) is 5.16 Å². The molecule has 0 aliphatic carbocycles. The molecule has 0 N–H and O–H groups in total. The Morgan fingerprint density at radius 1 is 1.09 bits per heavy atom. The number of nitro benzene ring substituents is 1. The second-order valence-electron chi connectivity index (χ2n) is 4.91. The number of rotatable bonds is 4. The maximum atomic E-state index is 12.5. The first kappa shape index (κ1) is 15.2. The van der Waals surface area contributed by atoms with Crippen molar-refractivity contribution in [1.82, 2.24) is 0 Å². The van der Waals surface area contributed by atoms with E-state index in [-0.39, 0.29) is 28.3 Å². The van der Waals surface area contributed by atoms with E-state index in [1.807, 2.05) is 0 Å². The van der Waals surface area contributed by atoms with Gasteiger partial charge in [0.1, 0.15) is 0 Å². The third-order valence-corrected chi connectivity index (χ3v) is 5.34. The van der Waals surface area contributed by atoms with E-state index in [9.17, 15) is 18.5 Å². The molecule has 2 aromatic carbocycles. The monoisotopic (exact) mass is 332 g/mol. The van der Waals surface area contributed by atoms with Crippen molar-refractivity contribution in [2.45, 2.75) is 16.8 Å². The molecule has 23 heavy (non-hydrogen) atoms. The van der Waals surface area contributed by atoms with Crippen LogP contribution in [0.25, 0.3) is 0 Å². The first-order valence-electron chi connectivity index (χ1n) is 6.75. The van der Waals surface area contributed by atoms with Gasteiger partial charge in [-0.2, -0.15) is 0 Å². The molecule has 1 heterocycles. The van der Waals surface area contributed by atoms with E-state index in [0.29, 0.717) is 0 Å². The zero-order valence-electron chi connectivity index (χ0n) is 11.8.